The first-order chi connectivity index (χ1) is 13.4. The van der Waals surface area contributed by atoms with Gasteiger partial charge in [0, 0.05) is 11.8 Å². The van der Waals surface area contributed by atoms with Crippen LogP contribution in [0.25, 0.3) is 11.3 Å². The van der Waals surface area contributed by atoms with E-state index in [0.29, 0.717) is 22.8 Å². The van der Waals surface area contributed by atoms with Gasteiger partial charge < -0.3 is 9.73 Å². The zero-order chi connectivity index (χ0) is 20.1. The van der Waals surface area contributed by atoms with Crippen LogP contribution in [-0.2, 0) is 0 Å². The van der Waals surface area contributed by atoms with Crippen LogP contribution in [0.15, 0.2) is 64.1 Å². The molecular weight excluding hydrogens is 360 g/mol. The number of amides is 2. The van der Waals surface area contributed by atoms with E-state index in [9.17, 15) is 14.9 Å². The van der Waals surface area contributed by atoms with Crippen molar-refractivity contribution in [2.45, 2.75) is 13.8 Å². The molecule has 0 aliphatic rings. The average Bonchev–Trinajstić information content (AvgIpc) is 3.13. The Bertz CT molecular complexity index is 1040. The first kappa shape index (κ1) is 18.8. The van der Waals surface area contributed by atoms with Crippen LogP contribution in [0.5, 0.6) is 0 Å². The average molecular weight is 378 g/mol. The Labute approximate surface area is 161 Å². The Morgan fingerprint density at radius 1 is 1.11 bits per heavy atom. The zero-order valence-electron chi connectivity index (χ0n) is 15.3. The summed E-state index contributed by atoms with van der Waals surface area (Å²) in [6, 6.07) is 14.9. The minimum Gasteiger partial charge on any atom is -0.455 e. The van der Waals surface area contributed by atoms with Gasteiger partial charge in [-0.15, -0.1) is 0 Å². The highest BCUT2D eigenvalue weighted by Gasteiger charge is 2.19. The minimum atomic E-state index is -0.501. The number of nitrogens with one attached hydrogen (secondary N) is 2. The molecule has 0 bridgehead atoms. The Hall–Kier alpha value is -3.94. The lowest BCUT2D eigenvalue weighted by atomic mass is 10.0. The molecule has 0 aliphatic heterocycles. The number of hydrogen-bond donors (Lipinski definition) is 2. The number of para-hydroxylation sites is 1. The number of nitro groups is 1. The fraction of sp³-hybridized carbons (Fsp3) is 0.100. The molecule has 3 rings (SSSR count). The second-order valence-corrected chi connectivity index (χ2v) is 6.10. The number of rotatable bonds is 5. The quantitative estimate of drug-likeness (QED) is 0.383. The number of hydrogen-bond acceptors (Lipinski definition) is 5. The van der Waals surface area contributed by atoms with Gasteiger partial charge in [0.25, 0.3) is 5.69 Å². The summed E-state index contributed by atoms with van der Waals surface area (Å²) in [5.74, 6) is 0.701. The number of nitro benzene ring substituents is 1. The SMILES string of the molecule is Cc1cc(-c2ccc(/C=N/NC(=O)Nc3ccccc3)o2)c([N+](=O)[O-])cc1C. The van der Waals surface area contributed by atoms with E-state index in [2.05, 4.69) is 15.8 Å². The van der Waals surface area contributed by atoms with Crippen LogP contribution in [0, 0.1) is 24.0 Å². The van der Waals surface area contributed by atoms with Crippen molar-refractivity contribution in [3.8, 4) is 11.3 Å². The monoisotopic (exact) mass is 378 g/mol. The van der Waals surface area contributed by atoms with Crippen LogP contribution in [0.2, 0.25) is 0 Å². The van der Waals surface area contributed by atoms with Gasteiger partial charge in [0.05, 0.1) is 16.7 Å². The van der Waals surface area contributed by atoms with E-state index in [1.54, 1.807) is 42.5 Å². The van der Waals surface area contributed by atoms with Gasteiger partial charge in [0.1, 0.15) is 11.5 Å². The Morgan fingerprint density at radius 3 is 2.54 bits per heavy atom. The van der Waals surface area contributed by atoms with Gasteiger partial charge in [-0.2, -0.15) is 5.10 Å². The highest BCUT2D eigenvalue weighted by molar-refractivity contribution is 5.90. The number of hydrazone groups is 1. The molecule has 28 heavy (non-hydrogen) atoms. The number of anilines is 1. The fourth-order valence-corrected chi connectivity index (χ4v) is 2.55. The van der Waals surface area contributed by atoms with Gasteiger partial charge in [-0.05, 0) is 55.3 Å². The van der Waals surface area contributed by atoms with Crippen LogP contribution in [-0.4, -0.2) is 17.2 Å². The maximum Gasteiger partial charge on any atom is 0.339 e. The smallest absolute Gasteiger partial charge is 0.339 e. The molecule has 8 nitrogen and oxygen atoms in total. The van der Waals surface area contributed by atoms with Gasteiger partial charge in [-0.1, -0.05) is 18.2 Å². The van der Waals surface area contributed by atoms with Crippen LogP contribution >= 0.6 is 0 Å². The maximum atomic E-state index is 11.8. The molecule has 0 atom stereocenters. The summed E-state index contributed by atoms with van der Waals surface area (Å²) in [6.07, 6.45) is 1.32. The molecule has 2 N–H and O–H groups in total. The number of carbonyl (C=O) groups is 1. The Kier molecular flexibility index (Phi) is 5.50. The number of nitrogens with zero attached hydrogens (tertiary/aromatic N) is 2. The maximum absolute atomic E-state index is 11.8. The van der Waals surface area contributed by atoms with E-state index in [1.807, 2.05) is 19.9 Å². The van der Waals surface area contributed by atoms with Crippen molar-refractivity contribution in [2.24, 2.45) is 5.10 Å². The first-order valence-electron chi connectivity index (χ1n) is 8.45. The van der Waals surface area contributed by atoms with Gasteiger partial charge >= 0.3 is 6.03 Å². The fourth-order valence-electron chi connectivity index (χ4n) is 2.55. The predicted molar refractivity (Wildman–Crippen MR) is 106 cm³/mol. The summed E-state index contributed by atoms with van der Waals surface area (Å²) in [5, 5.41) is 17.8. The molecule has 8 heteroatoms. The molecule has 3 aromatic rings. The summed E-state index contributed by atoms with van der Waals surface area (Å²) >= 11 is 0. The standard InChI is InChI=1S/C20H18N4O4/c1-13-10-17(18(24(26)27)11-14(13)2)19-9-8-16(28-19)12-21-23-20(25)22-15-6-4-3-5-7-15/h3-12H,1-2H3,(H2,22,23,25)/b21-12+. The van der Waals surface area contributed by atoms with Crippen LogP contribution in [0.3, 0.4) is 0 Å². The lowest BCUT2D eigenvalue weighted by Crippen LogP contribution is -2.24. The van der Waals surface area contributed by atoms with Gasteiger partial charge in [-0.3, -0.25) is 10.1 Å². The molecule has 0 spiro atoms. The summed E-state index contributed by atoms with van der Waals surface area (Å²) < 4.78 is 5.63. The van der Waals surface area contributed by atoms with Crippen molar-refractivity contribution in [3.05, 3.63) is 81.6 Å². The topological polar surface area (TPSA) is 110 Å². The molecular formula is C20H18N4O4. The van der Waals surface area contributed by atoms with E-state index in [1.165, 1.54) is 12.3 Å². The van der Waals surface area contributed by atoms with Gasteiger partial charge in [0.15, 0.2) is 0 Å². The van der Waals surface area contributed by atoms with Crippen LogP contribution < -0.4 is 10.7 Å². The zero-order valence-corrected chi connectivity index (χ0v) is 15.3. The third kappa shape index (κ3) is 4.42. The first-order valence-corrected chi connectivity index (χ1v) is 8.45. The predicted octanol–water partition coefficient (Wildman–Crippen LogP) is 4.63. The van der Waals surface area contributed by atoms with Crippen LogP contribution in [0.1, 0.15) is 16.9 Å². The van der Waals surface area contributed by atoms with E-state index in [4.69, 9.17) is 4.42 Å². The van der Waals surface area contributed by atoms with E-state index in [0.717, 1.165) is 11.1 Å². The number of carbonyl (C=O) groups excluding carboxylic acids is 1. The molecule has 0 unspecified atom stereocenters. The Morgan fingerprint density at radius 2 is 1.82 bits per heavy atom. The molecule has 0 saturated carbocycles. The van der Waals surface area contributed by atoms with E-state index in [-0.39, 0.29) is 5.69 Å². The molecule has 142 valence electrons. The summed E-state index contributed by atoms with van der Waals surface area (Å²) in [7, 11) is 0. The van der Waals surface area contributed by atoms with Crippen molar-refractivity contribution < 1.29 is 14.1 Å². The summed E-state index contributed by atoms with van der Waals surface area (Å²) in [6.45, 7) is 3.70. The lowest BCUT2D eigenvalue weighted by molar-refractivity contribution is -0.384. The van der Waals surface area contributed by atoms with Crippen molar-refractivity contribution in [2.75, 3.05) is 5.32 Å². The third-order valence-electron chi connectivity index (χ3n) is 4.09. The lowest BCUT2D eigenvalue weighted by Gasteiger charge is -2.05. The molecule has 0 saturated heterocycles. The molecule has 0 fully saturated rings. The molecule has 2 aromatic carbocycles. The Balaban J connectivity index is 1.71. The second kappa shape index (κ2) is 8.17. The normalized spacial score (nSPS) is 10.8. The minimum absolute atomic E-state index is 0.0266. The van der Waals surface area contributed by atoms with E-state index >= 15 is 0 Å². The summed E-state index contributed by atoms with van der Waals surface area (Å²) in [4.78, 5) is 22.7. The number of urea groups is 1. The van der Waals surface area contributed by atoms with Gasteiger partial charge in [0.2, 0.25) is 0 Å². The molecule has 1 aromatic heterocycles. The molecule has 2 amide bonds. The highest BCUT2D eigenvalue weighted by Crippen LogP contribution is 2.33. The van der Waals surface area contributed by atoms with Gasteiger partial charge in [-0.25, -0.2) is 10.2 Å². The van der Waals surface area contributed by atoms with Crippen molar-refractivity contribution >= 4 is 23.6 Å². The molecule has 0 radical (unpaired) electrons. The number of benzene rings is 2. The van der Waals surface area contributed by atoms with Crippen molar-refractivity contribution in [1.29, 1.82) is 0 Å². The largest absolute Gasteiger partial charge is 0.455 e. The second-order valence-electron chi connectivity index (χ2n) is 6.10. The van der Waals surface area contributed by atoms with E-state index < -0.39 is 11.0 Å². The van der Waals surface area contributed by atoms with Crippen LogP contribution in [0.4, 0.5) is 16.2 Å². The number of aryl methyl sites for hydroxylation is 2. The number of furan rings is 1. The highest BCUT2D eigenvalue weighted by atomic mass is 16.6. The molecule has 0 aliphatic carbocycles. The summed E-state index contributed by atoms with van der Waals surface area (Å²) in [5.41, 5.74) is 5.08. The third-order valence-corrected chi connectivity index (χ3v) is 4.09. The van der Waals surface area contributed by atoms with Crippen molar-refractivity contribution in [1.82, 2.24) is 5.43 Å². The molecule has 1 heterocycles. The van der Waals surface area contributed by atoms with Crippen molar-refractivity contribution in [3.63, 3.8) is 0 Å².